The molecule has 0 heterocycles. The molecule has 2 nitrogen and oxygen atoms in total. The molecule has 0 unspecified atom stereocenters. The summed E-state index contributed by atoms with van der Waals surface area (Å²) in [4.78, 5) is 10.9. The maximum atomic E-state index is 10.9. The summed E-state index contributed by atoms with van der Waals surface area (Å²) in [5, 5.41) is 0. The van der Waals surface area contributed by atoms with Crippen molar-refractivity contribution in [3.63, 3.8) is 0 Å². The van der Waals surface area contributed by atoms with Gasteiger partial charge in [0.15, 0.2) is 0 Å². The predicted molar refractivity (Wildman–Crippen MR) is 49.9 cm³/mol. The highest BCUT2D eigenvalue weighted by atomic mass is 16.5. The van der Waals surface area contributed by atoms with Gasteiger partial charge in [0.25, 0.3) is 0 Å². The summed E-state index contributed by atoms with van der Waals surface area (Å²) in [5.74, 6) is 0.681. The quantitative estimate of drug-likeness (QED) is 0.576. The zero-order chi connectivity index (χ0) is 9.40. The van der Waals surface area contributed by atoms with Crippen LogP contribution in [-0.4, -0.2) is 12.6 Å². The lowest BCUT2D eigenvalue weighted by molar-refractivity contribution is -0.143. The molecule has 0 aliphatic heterocycles. The van der Waals surface area contributed by atoms with Crippen molar-refractivity contribution in [3.05, 3.63) is 0 Å². The third-order valence-corrected chi connectivity index (χ3v) is 2.08. The Balaban J connectivity index is 3.24. The lowest BCUT2D eigenvalue weighted by Crippen LogP contribution is -2.04. The minimum atomic E-state index is -0.0548. The van der Waals surface area contributed by atoms with Crippen LogP contribution in [0.4, 0.5) is 0 Å². The van der Waals surface area contributed by atoms with Crippen molar-refractivity contribution in [2.75, 3.05) is 6.61 Å². The molecule has 0 saturated heterocycles. The Morgan fingerprint density at radius 3 is 2.58 bits per heavy atom. The van der Waals surface area contributed by atoms with Gasteiger partial charge in [-0.05, 0) is 19.3 Å². The minimum Gasteiger partial charge on any atom is -0.466 e. The van der Waals surface area contributed by atoms with Gasteiger partial charge in [0, 0.05) is 6.42 Å². The number of carbonyl (C=O) groups is 1. The number of hydrogen-bond donors (Lipinski definition) is 0. The third-order valence-electron chi connectivity index (χ3n) is 2.08. The fraction of sp³-hybridized carbons (Fsp3) is 0.900. The van der Waals surface area contributed by atoms with Gasteiger partial charge in [0.05, 0.1) is 6.61 Å². The van der Waals surface area contributed by atoms with Gasteiger partial charge in [-0.1, -0.05) is 26.7 Å². The van der Waals surface area contributed by atoms with Crippen LogP contribution in [0.2, 0.25) is 0 Å². The fourth-order valence-corrected chi connectivity index (χ4v) is 1.03. The van der Waals surface area contributed by atoms with Crippen LogP contribution < -0.4 is 0 Å². The molecule has 0 rings (SSSR count). The number of esters is 1. The molecule has 0 aromatic carbocycles. The average molecular weight is 172 g/mol. The Hall–Kier alpha value is -0.530. The Labute approximate surface area is 75.3 Å². The number of rotatable bonds is 6. The summed E-state index contributed by atoms with van der Waals surface area (Å²) < 4.78 is 4.82. The molecule has 0 spiro atoms. The van der Waals surface area contributed by atoms with Crippen LogP contribution in [0.1, 0.15) is 46.5 Å². The van der Waals surface area contributed by atoms with E-state index in [4.69, 9.17) is 4.74 Å². The van der Waals surface area contributed by atoms with E-state index in [1.165, 1.54) is 6.42 Å². The highest BCUT2D eigenvalue weighted by Crippen LogP contribution is 2.11. The van der Waals surface area contributed by atoms with Crippen LogP contribution in [0.3, 0.4) is 0 Å². The first kappa shape index (κ1) is 11.5. The molecule has 0 aliphatic carbocycles. The van der Waals surface area contributed by atoms with Gasteiger partial charge in [-0.2, -0.15) is 0 Å². The molecule has 0 fully saturated rings. The summed E-state index contributed by atoms with van der Waals surface area (Å²) in [6.45, 7) is 6.73. The van der Waals surface area contributed by atoms with Gasteiger partial charge in [-0.25, -0.2) is 0 Å². The van der Waals surface area contributed by atoms with E-state index in [1.54, 1.807) is 0 Å². The Morgan fingerprint density at radius 1 is 1.42 bits per heavy atom. The van der Waals surface area contributed by atoms with Crippen LogP contribution in [-0.2, 0) is 9.53 Å². The summed E-state index contributed by atoms with van der Waals surface area (Å²) in [6, 6.07) is 0. The highest BCUT2D eigenvalue weighted by molar-refractivity contribution is 5.69. The van der Waals surface area contributed by atoms with Crippen molar-refractivity contribution >= 4 is 5.97 Å². The van der Waals surface area contributed by atoms with E-state index in [0.29, 0.717) is 13.0 Å². The molecule has 0 amide bonds. The first-order valence-electron chi connectivity index (χ1n) is 4.86. The van der Waals surface area contributed by atoms with Crippen molar-refractivity contribution in [2.45, 2.75) is 46.5 Å². The molecule has 0 aromatic heterocycles. The smallest absolute Gasteiger partial charge is 0.305 e. The predicted octanol–water partition coefficient (Wildman–Crippen LogP) is 2.77. The lowest BCUT2D eigenvalue weighted by atomic mass is 10.0. The fourth-order valence-electron chi connectivity index (χ4n) is 1.03. The van der Waals surface area contributed by atoms with Crippen LogP contribution in [0.5, 0.6) is 0 Å². The molecule has 72 valence electrons. The molecule has 0 bridgehead atoms. The second-order valence-electron chi connectivity index (χ2n) is 3.21. The SMILES string of the molecule is CCOC(=O)CCC[C@@H](C)CC. The standard InChI is InChI=1S/C10H20O2/c1-4-9(3)7-6-8-10(11)12-5-2/h9H,4-8H2,1-3H3/t9-/m0/s1. The van der Waals surface area contributed by atoms with Gasteiger partial charge in [0.1, 0.15) is 0 Å². The largest absolute Gasteiger partial charge is 0.466 e. The zero-order valence-electron chi connectivity index (χ0n) is 8.43. The van der Waals surface area contributed by atoms with Gasteiger partial charge in [0.2, 0.25) is 0 Å². The topological polar surface area (TPSA) is 26.3 Å². The Kier molecular flexibility index (Phi) is 6.82. The van der Waals surface area contributed by atoms with E-state index >= 15 is 0 Å². The number of carbonyl (C=O) groups excluding carboxylic acids is 1. The van der Waals surface area contributed by atoms with Gasteiger partial charge >= 0.3 is 5.97 Å². The molecule has 0 aromatic rings. The van der Waals surface area contributed by atoms with Crippen molar-refractivity contribution < 1.29 is 9.53 Å². The van der Waals surface area contributed by atoms with Crippen molar-refractivity contribution in [1.29, 1.82) is 0 Å². The van der Waals surface area contributed by atoms with E-state index < -0.39 is 0 Å². The summed E-state index contributed by atoms with van der Waals surface area (Å²) >= 11 is 0. The molecular weight excluding hydrogens is 152 g/mol. The van der Waals surface area contributed by atoms with Crippen LogP contribution in [0.15, 0.2) is 0 Å². The second kappa shape index (κ2) is 7.14. The minimum absolute atomic E-state index is 0.0548. The summed E-state index contributed by atoms with van der Waals surface area (Å²) in [6.07, 6.45) is 3.88. The van der Waals surface area contributed by atoms with Crippen molar-refractivity contribution in [1.82, 2.24) is 0 Å². The molecular formula is C10H20O2. The van der Waals surface area contributed by atoms with Gasteiger partial charge in [-0.3, -0.25) is 4.79 Å². The highest BCUT2D eigenvalue weighted by Gasteiger charge is 2.03. The Morgan fingerprint density at radius 2 is 2.08 bits per heavy atom. The maximum Gasteiger partial charge on any atom is 0.305 e. The molecule has 0 saturated carbocycles. The first-order chi connectivity index (χ1) is 5.70. The van der Waals surface area contributed by atoms with Crippen molar-refractivity contribution in [2.24, 2.45) is 5.92 Å². The second-order valence-corrected chi connectivity index (χ2v) is 3.21. The summed E-state index contributed by atoms with van der Waals surface area (Å²) in [7, 11) is 0. The van der Waals surface area contributed by atoms with Crippen LogP contribution in [0.25, 0.3) is 0 Å². The van der Waals surface area contributed by atoms with E-state index in [9.17, 15) is 4.79 Å². The number of ether oxygens (including phenoxy) is 1. The molecule has 0 N–H and O–H groups in total. The van der Waals surface area contributed by atoms with Gasteiger partial charge < -0.3 is 4.74 Å². The van der Waals surface area contributed by atoms with E-state index in [-0.39, 0.29) is 5.97 Å². The Bertz CT molecular complexity index is 121. The zero-order valence-corrected chi connectivity index (χ0v) is 8.43. The molecule has 12 heavy (non-hydrogen) atoms. The number of hydrogen-bond acceptors (Lipinski definition) is 2. The van der Waals surface area contributed by atoms with Crippen LogP contribution in [0, 0.1) is 5.92 Å². The van der Waals surface area contributed by atoms with Crippen LogP contribution >= 0.6 is 0 Å². The van der Waals surface area contributed by atoms with Crippen molar-refractivity contribution in [3.8, 4) is 0 Å². The lowest BCUT2D eigenvalue weighted by Gasteiger charge is -2.06. The maximum absolute atomic E-state index is 10.9. The van der Waals surface area contributed by atoms with E-state index in [1.807, 2.05) is 6.92 Å². The first-order valence-corrected chi connectivity index (χ1v) is 4.86. The summed E-state index contributed by atoms with van der Waals surface area (Å²) in [5.41, 5.74) is 0. The molecule has 0 aliphatic rings. The normalized spacial score (nSPS) is 12.6. The van der Waals surface area contributed by atoms with E-state index in [0.717, 1.165) is 18.8 Å². The average Bonchev–Trinajstić information content (AvgIpc) is 2.04. The van der Waals surface area contributed by atoms with Gasteiger partial charge in [-0.15, -0.1) is 0 Å². The monoisotopic (exact) mass is 172 g/mol. The molecule has 1 atom stereocenters. The third kappa shape index (κ3) is 6.20. The molecule has 2 heteroatoms. The van der Waals surface area contributed by atoms with E-state index in [2.05, 4.69) is 13.8 Å². The molecule has 0 radical (unpaired) electrons.